The Kier molecular flexibility index (Phi) is 4.36. The van der Waals surface area contributed by atoms with Crippen molar-refractivity contribution < 1.29 is 9.21 Å². The van der Waals surface area contributed by atoms with Gasteiger partial charge in [-0.15, -0.1) is 11.8 Å². The molecule has 0 saturated carbocycles. The predicted molar refractivity (Wildman–Crippen MR) is 101 cm³/mol. The molecule has 126 valence electrons. The first-order valence-corrected chi connectivity index (χ1v) is 9.23. The molecule has 3 aromatic rings. The van der Waals surface area contributed by atoms with Crippen molar-refractivity contribution in [2.45, 2.75) is 30.0 Å². The topological polar surface area (TPSA) is 33.5 Å². The second-order valence-electron chi connectivity index (χ2n) is 6.26. The van der Waals surface area contributed by atoms with Crippen molar-refractivity contribution in [2.75, 3.05) is 4.90 Å². The third-order valence-electron chi connectivity index (χ3n) is 4.43. The maximum Gasteiger partial charge on any atom is 0.241 e. The number of carbonyl (C=O) groups excluding carboxylic acids is 1. The highest BCUT2D eigenvalue weighted by atomic mass is 32.2. The van der Waals surface area contributed by atoms with Gasteiger partial charge in [0, 0.05) is 10.6 Å². The molecule has 0 saturated heterocycles. The van der Waals surface area contributed by atoms with Gasteiger partial charge in [-0.25, -0.2) is 0 Å². The van der Waals surface area contributed by atoms with Gasteiger partial charge in [-0.2, -0.15) is 0 Å². The van der Waals surface area contributed by atoms with Crippen LogP contribution in [-0.4, -0.2) is 11.2 Å². The second kappa shape index (κ2) is 6.81. The third-order valence-corrected chi connectivity index (χ3v) is 5.73. The molecule has 2 heterocycles. The van der Waals surface area contributed by atoms with Crippen LogP contribution in [0.25, 0.3) is 0 Å². The van der Waals surface area contributed by atoms with Crippen molar-refractivity contribution in [2.24, 2.45) is 0 Å². The normalized spacial score (nSPS) is 15.8. The second-order valence-corrected chi connectivity index (χ2v) is 7.50. The molecular weight excluding hydrogens is 330 g/mol. The number of thioether (sulfide) groups is 1. The Bertz CT molecular complexity index is 846. The molecule has 0 N–H and O–H groups in total. The van der Waals surface area contributed by atoms with Crippen LogP contribution < -0.4 is 4.90 Å². The van der Waals surface area contributed by atoms with Gasteiger partial charge in [-0.3, -0.25) is 4.79 Å². The van der Waals surface area contributed by atoms with Crippen LogP contribution in [0.3, 0.4) is 0 Å². The standard InChI is InChI=1S/C21H19NO2S/c1-15-8-10-17(11-9-15)22(14-18-6-4-12-24-18)21(23)20-13-16-5-2-3-7-19(16)25-20/h2-12,20H,13-14H2,1H3/t20-/m1/s1. The first-order chi connectivity index (χ1) is 12.2. The fraction of sp³-hybridized carbons (Fsp3) is 0.190. The SMILES string of the molecule is Cc1ccc(N(Cc2ccco2)C(=O)[C@H]2Cc3ccccc3S2)cc1. The molecule has 0 aliphatic carbocycles. The summed E-state index contributed by atoms with van der Waals surface area (Å²) in [6.45, 7) is 2.49. The Balaban J connectivity index is 1.61. The van der Waals surface area contributed by atoms with E-state index < -0.39 is 0 Å². The summed E-state index contributed by atoms with van der Waals surface area (Å²) in [5.74, 6) is 0.913. The van der Waals surface area contributed by atoms with Gasteiger partial charge < -0.3 is 9.32 Å². The highest BCUT2D eigenvalue weighted by molar-refractivity contribution is 8.01. The van der Waals surface area contributed by atoms with Gasteiger partial charge in [-0.1, -0.05) is 35.9 Å². The van der Waals surface area contributed by atoms with Crippen molar-refractivity contribution in [1.29, 1.82) is 0 Å². The highest BCUT2D eigenvalue weighted by Gasteiger charge is 2.32. The Morgan fingerprint density at radius 1 is 1.12 bits per heavy atom. The van der Waals surface area contributed by atoms with E-state index in [9.17, 15) is 4.79 Å². The van der Waals surface area contributed by atoms with Gasteiger partial charge >= 0.3 is 0 Å². The lowest BCUT2D eigenvalue weighted by atomic mass is 10.1. The lowest BCUT2D eigenvalue weighted by molar-refractivity contribution is -0.118. The maximum absolute atomic E-state index is 13.3. The molecule has 1 aliphatic heterocycles. The number of carbonyl (C=O) groups is 1. The van der Waals surface area contributed by atoms with Crippen LogP contribution in [0.4, 0.5) is 5.69 Å². The smallest absolute Gasteiger partial charge is 0.241 e. The fourth-order valence-corrected chi connectivity index (χ4v) is 4.33. The van der Waals surface area contributed by atoms with Crippen LogP contribution >= 0.6 is 11.8 Å². The molecule has 1 atom stereocenters. The molecule has 2 aromatic carbocycles. The van der Waals surface area contributed by atoms with Crippen LogP contribution in [-0.2, 0) is 17.8 Å². The average Bonchev–Trinajstić information content (AvgIpc) is 3.29. The van der Waals surface area contributed by atoms with E-state index in [0.717, 1.165) is 17.9 Å². The van der Waals surface area contributed by atoms with Gasteiger partial charge in [0.25, 0.3) is 0 Å². The first-order valence-electron chi connectivity index (χ1n) is 8.36. The van der Waals surface area contributed by atoms with E-state index in [4.69, 9.17) is 4.42 Å². The molecule has 3 nitrogen and oxygen atoms in total. The number of furan rings is 1. The lowest BCUT2D eigenvalue weighted by Crippen LogP contribution is -2.37. The summed E-state index contributed by atoms with van der Waals surface area (Å²) in [5, 5.41) is -0.0892. The molecule has 4 heteroatoms. The number of hydrogen-bond donors (Lipinski definition) is 0. The minimum absolute atomic E-state index is 0.0892. The molecule has 0 radical (unpaired) electrons. The molecule has 25 heavy (non-hydrogen) atoms. The van der Waals surface area contributed by atoms with Crippen molar-refractivity contribution in [1.82, 2.24) is 0 Å². The van der Waals surface area contributed by atoms with Gasteiger partial charge in [0.05, 0.1) is 18.1 Å². The zero-order chi connectivity index (χ0) is 17.2. The highest BCUT2D eigenvalue weighted by Crippen LogP contribution is 2.38. The number of fused-ring (bicyclic) bond motifs is 1. The Hall–Kier alpha value is -2.46. The monoisotopic (exact) mass is 349 g/mol. The largest absolute Gasteiger partial charge is 0.467 e. The fourth-order valence-electron chi connectivity index (χ4n) is 3.07. The molecular formula is C21H19NO2S. The van der Waals surface area contributed by atoms with Crippen LogP contribution in [0.2, 0.25) is 0 Å². The summed E-state index contributed by atoms with van der Waals surface area (Å²) in [4.78, 5) is 16.3. The van der Waals surface area contributed by atoms with E-state index in [2.05, 4.69) is 12.1 Å². The van der Waals surface area contributed by atoms with Crippen LogP contribution in [0.5, 0.6) is 0 Å². The van der Waals surface area contributed by atoms with Gasteiger partial charge in [0.2, 0.25) is 5.91 Å². The molecule has 1 aromatic heterocycles. The zero-order valence-corrected chi connectivity index (χ0v) is 14.8. The summed E-state index contributed by atoms with van der Waals surface area (Å²) < 4.78 is 5.48. The van der Waals surface area contributed by atoms with E-state index in [0.29, 0.717) is 6.54 Å². The predicted octanol–water partition coefficient (Wildman–Crippen LogP) is 4.84. The molecule has 1 amide bonds. The lowest BCUT2D eigenvalue weighted by Gasteiger charge is -2.24. The summed E-state index contributed by atoms with van der Waals surface area (Å²) in [5.41, 5.74) is 3.34. The number of nitrogens with zero attached hydrogens (tertiary/aromatic N) is 1. The Labute approximate surface area is 151 Å². The molecule has 0 spiro atoms. The number of hydrogen-bond acceptors (Lipinski definition) is 3. The molecule has 0 fully saturated rings. The van der Waals surface area contributed by atoms with E-state index in [1.165, 1.54) is 16.0 Å². The summed E-state index contributed by atoms with van der Waals surface area (Å²) in [6.07, 6.45) is 2.42. The van der Waals surface area contributed by atoms with E-state index in [1.807, 2.05) is 60.4 Å². The number of anilines is 1. The number of benzene rings is 2. The molecule has 4 rings (SSSR count). The van der Waals surface area contributed by atoms with Crippen molar-refractivity contribution in [3.63, 3.8) is 0 Å². The van der Waals surface area contributed by atoms with Gasteiger partial charge in [0.15, 0.2) is 0 Å². The Morgan fingerprint density at radius 3 is 2.64 bits per heavy atom. The average molecular weight is 349 g/mol. The number of aryl methyl sites for hydroxylation is 1. The van der Waals surface area contributed by atoms with Crippen molar-refractivity contribution >= 4 is 23.4 Å². The maximum atomic E-state index is 13.3. The van der Waals surface area contributed by atoms with Gasteiger partial charge in [0.1, 0.15) is 5.76 Å². The van der Waals surface area contributed by atoms with E-state index >= 15 is 0 Å². The Morgan fingerprint density at radius 2 is 1.92 bits per heavy atom. The van der Waals surface area contributed by atoms with Crippen molar-refractivity contribution in [3.05, 3.63) is 83.8 Å². The summed E-state index contributed by atoms with van der Waals surface area (Å²) >= 11 is 1.66. The zero-order valence-electron chi connectivity index (χ0n) is 14.0. The number of amides is 1. The number of rotatable bonds is 4. The van der Waals surface area contributed by atoms with Crippen LogP contribution in [0, 0.1) is 6.92 Å². The minimum atomic E-state index is -0.0892. The van der Waals surface area contributed by atoms with Crippen LogP contribution in [0.15, 0.2) is 76.2 Å². The summed E-state index contributed by atoms with van der Waals surface area (Å²) in [7, 11) is 0. The quantitative estimate of drug-likeness (QED) is 0.676. The molecule has 0 bridgehead atoms. The van der Waals surface area contributed by atoms with Crippen LogP contribution in [0.1, 0.15) is 16.9 Å². The van der Waals surface area contributed by atoms with E-state index in [-0.39, 0.29) is 11.2 Å². The van der Waals surface area contributed by atoms with E-state index in [1.54, 1.807) is 18.0 Å². The van der Waals surface area contributed by atoms with Gasteiger partial charge in [-0.05, 0) is 49.2 Å². The molecule has 1 aliphatic rings. The first kappa shape index (κ1) is 16.0. The third kappa shape index (κ3) is 3.35. The minimum Gasteiger partial charge on any atom is -0.467 e. The van der Waals surface area contributed by atoms with Crippen molar-refractivity contribution in [3.8, 4) is 0 Å². The molecule has 0 unspecified atom stereocenters. The summed E-state index contributed by atoms with van der Waals surface area (Å²) in [6, 6.07) is 20.1.